The molecule has 1 atom stereocenters. The largest absolute Gasteiger partial charge is 0.306 e. The van der Waals surface area contributed by atoms with Crippen molar-refractivity contribution in [2.45, 2.75) is 26.2 Å². The standard InChI is InChI=1S/C16H22N4/c1-12-8-16(19-18-12)15-6-5-13(10-17-15)9-14-4-3-7-20(2)11-14/h5-6,8,10,14H,3-4,7,9,11H2,1-2H3,(H,18,19)/t14-/m0/s1. The minimum Gasteiger partial charge on any atom is -0.306 e. The second-order valence-electron chi connectivity index (χ2n) is 5.96. The van der Waals surface area contributed by atoms with E-state index in [-0.39, 0.29) is 0 Å². The Hall–Kier alpha value is -1.68. The van der Waals surface area contributed by atoms with E-state index in [4.69, 9.17) is 0 Å². The molecule has 1 aliphatic heterocycles. The zero-order chi connectivity index (χ0) is 13.9. The van der Waals surface area contributed by atoms with Gasteiger partial charge in [0, 0.05) is 18.4 Å². The van der Waals surface area contributed by atoms with E-state index in [1.807, 2.05) is 19.2 Å². The van der Waals surface area contributed by atoms with Gasteiger partial charge in [0.2, 0.25) is 0 Å². The molecule has 1 saturated heterocycles. The third-order valence-electron chi connectivity index (χ3n) is 4.04. The van der Waals surface area contributed by atoms with Gasteiger partial charge in [-0.1, -0.05) is 6.07 Å². The highest BCUT2D eigenvalue weighted by atomic mass is 15.1. The van der Waals surface area contributed by atoms with Crippen LogP contribution < -0.4 is 0 Å². The average Bonchev–Trinajstić information content (AvgIpc) is 2.86. The minimum atomic E-state index is 0.772. The predicted molar refractivity (Wildman–Crippen MR) is 80.5 cm³/mol. The molecule has 3 heterocycles. The quantitative estimate of drug-likeness (QED) is 0.932. The number of aromatic amines is 1. The molecule has 0 bridgehead atoms. The summed E-state index contributed by atoms with van der Waals surface area (Å²) in [6.45, 7) is 4.46. The maximum atomic E-state index is 4.55. The summed E-state index contributed by atoms with van der Waals surface area (Å²) in [5, 5.41) is 7.20. The first-order chi connectivity index (χ1) is 9.70. The van der Waals surface area contributed by atoms with Crippen molar-refractivity contribution in [2.75, 3.05) is 20.1 Å². The lowest BCUT2D eigenvalue weighted by molar-refractivity contribution is 0.209. The van der Waals surface area contributed by atoms with Crippen LogP contribution in [-0.4, -0.2) is 40.2 Å². The number of aryl methyl sites for hydroxylation is 1. The Morgan fingerprint density at radius 1 is 1.35 bits per heavy atom. The molecule has 1 aliphatic rings. The van der Waals surface area contributed by atoms with Gasteiger partial charge in [0.25, 0.3) is 0 Å². The molecular weight excluding hydrogens is 248 g/mol. The normalized spacial score (nSPS) is 20.2. The average molecular weight is 270 g/mol. The molecule has 0 aromatic carbocycles. The van der Waals surface area contributed by atoms with Gasteiger partial charge in [-0.05, 0) is 63.4 Å². The summed E-state index contributed by atoms with van der Waals surface area (Å²) < 4.78 is 0. The van der Waals surface area contributed by atoms with Crippen LogP contribution in [0.5, 0.6) is 0 Å². The first-order valence-corrected chi connectivity index (χ1v) is 7.36. The molecule has 4 nitrogen and oxygen atoms in total. The summed E-state index contributed by atoms with van der Waals surface area (Å²) >= 11 is 0. The van der Waals surface area contributed by atoms with Crippen molar-refractivity contribution < 1.29 is 0 Å². The van der Waals surface area contributed by atoms with Crippen molar-refractivity contribution in [1.29, 1.82) is 0 Å². The van der Waals surface area contributed by atoms with Gasteiger partial charge < -0.3 is 4.90 Å². The number of likely N-dealkylation sites (tertiary alicyclic amines) is 1. The summed E-state index contributed by atoms with van der Waals surface area (Å²) in [6.07, 6.45) is 5.80. The molecule has 0 amide bonds. The van der Waals surface area contributed by atoms with Crippen molar-refractivity contribution in [1.82, 2.24) is 20.1 Å². The second kappa shape index (κ2) is 5.75. The Balaban J connectivity index is 1.67. The number of hydrogen-bond acceptors (Lipinski definition) is 3. The zero-order valence-corrected chi connectivity index (χ0v) is 12.3. The third-order valence-corrected chi connectivity index (χ3v) is 4.04. The van der Waals surface area contributed by atoms with Gasteiger partial charge in [0.1, 0.15) is 5.69 Å². The molecule has 0 spiro atoms. The van der Waals surface area contributed by atoms with Gasteiger partial charge in [-0.25, -0.2) is 0 Å². The van der Waals surface area contributed by atoms with Crippen molar-refractivity contribution in [3.63, 3.8) is 0 Å². The summed E-state index contributed by atoms with van der Waals surface area (Å²) in [5.74, 6) is 0.772. The highest BCUT2D eigenvalue weighted by Crippen LogP contribution is 2.21. The highest BCUT2D eigenvalue weighted by molar-refractivity contribution is 5.54. The molecule has 0 saturated carbocycles. The van der Waals surface area contributed by atoms with E-state index in [0.29, 0.717) is 0 Å². The fraction of sp³-hybridized carbons (Fsp3) is 0.500. The Morgan fingerprint density at radius 3 is 2.90 bits per heavy atom. The van der Waals surface area contributed by atoms with Gasteiger partial charge in [-0.3, -0.25) is 10.1 Å². The molecule has 20 heavy (non-hydrogen) atoms. The second-order valence-corrected chi connectivity index (χ2v) is 5.96. The lowest BCUT2D eigenvalue weighted by Gasteiger charge is -2.29. The highest BCUT2D eigenvalue weighted by Gasteiger charge is 2.17. The number of pyridine rings is 1. The van der Waals surface area contributed by atoms with Gasteiger partial charge in [-0.15, -0.1) is 0 Å². The van der Waals surface area contributed by atoms with Crippen molar-refractivity contribution in [3.8, 4) is 11.4 Å². The molecule has 1 fully saturated rings. The number of H-pyrrole nitrogens is 1. The molecule has 106 valence electrons. The van der Waals surface area contributed by atoms with Crippen LogP contribution in [-0.2, 0) is 6.42 Å². The SMILES string of the molecule is Cc1cc(-c2ccc(C[C@@H]3CCCN(C)C3)cn2)n[nH]1. The Labute approximate surface area is 120 Å². The Morgan fingerprint density at radius 2 is 2.25 bits per heavy atom. The van der Waals surface area contributed by atoms with Crippen LogP contribution in [0.2, 0.25) is 0 Å². The molecule has 2 aromatic heterocycles. The molecule has 2 aromatic rings. The number of nitrogens with zero attached hydrogens (tertiary/aromatic N) is 3. The summed E-state index contributed by atoms with van der Waals surface area (Å²) in [4.78, 5) is 6.98. The minimum absolute atomic E-state index is 0.772. The van der Waals surface area contributed by atoms with Crippen LogP contribution in [0.25, 0.3) is 11.4 Å². The summed E-state index contributed by atoms with van der Waals surface area (Å²) in [6, 6.07) is 6.30. The Bertz CT molecular complexity index is 558. The molecule has 0 unspecified atom stereocenters. The van der Waals surface area contributed by atoms with Gasteiger partial charge >= 0.3 is 0 Å². The monoisotopic (exact) mass is 270 g/mol. The number of piperidine rings is 1. The van der Waals surface area contributed by atoms with E-state index in [2.05, 4.69) is 39.3 Å². The van der Waals surface area contributed by atoms with E-state index >= 15 is 0 Å². The van der Waals surface area contributed by atoms with E-state index in [0.717, 1.165) is 29.4 Å². The topological polar surface area (TPSA) is 44.8 Å². The maximum Gasteiger partial charge on any atom is 0.111 e. The fourth-order valence-electron chi connectivity index (χ4n) is 3.02. The summed E-state index contributed by atoms with van der Waals surface area (Å²) in [5.41, 5.74) is 4.27. The molecule has 3 rings (SSSR count). The smallest absolute Gasteiger partial charge is 0.111 e. The zero-order valence-electron chi connectivity index (χ0n) is 12.3. The van der Waals surface area contributed by atoms with Crippen LogP contribution >= 0.6 is 0 Å². The number of rotatable bonds is 3. The summed E-state index contributed by atoms with van der Waals surface area (Å²) in [7, 11) is 2.22. The van der Waals surface area contributed by atoms with Crippen LogP contribution in [0.1, 0.15) is 24.1 Å². The van der Waals surface area contributed by atoms with Crippen LogP contribution in [0.15, 0.2) is 24.4 Å². The first-order valence-electron chi connectivity index (χ1n) is 7.36. The van der Waals surface area contributed by atoms with Gasteiger partial charge in [0.05, 0.1) is 5.69 Å². The fourth-order valence-corrected chi connectivity index (χ4v) is 3.02. The Kier molecular flexibility index (Phi) is 3.83. The lowest BCUT2D eigenvalue weighted by atomic mass is 9.92. The van der Waals surface area contributed by atoms with Gasteiger partial charge in [-0.2, -0.15) is 5.10 Å². The molecular formula is C16H22N4. The van der Waals surface area contributed by atoms with Crippen LogP contribution in [0.4, 0.5) is 0 Å². The molecule has 1 N–H and O–H groups in total. The van der Waals surface area contributed by atoms with Crippen molar-refractivity contribution in [2.24, 2.45) is 5.92 Å². The van der Waals surface area contributed by atoms with Crippen LogP contribution in [0, 0.1) is 12.8 Å². The molecule has 0 aliphatic carbocycles. The number of hydrogen-bond donors (Lipinski definition) is 1. The predicted octanol–water partition coefficient (Wildman–Crippen LogP) is 2.66. The van der Waals surface area contributed by atoms with E-state index in [9.17, 15) is 0 Å². The molecule has 0 radical (unpaired) electrons. The maximum absolute atomic E-state index is 4.55. The number of nitrogens with one attached hydrogen (secondary N) is 1. The van der Waals surface area contributed by atoms with Gasteiger partial charge in [0.15, 0.2) is 0 Å². The van der Waals surface area contributed by atoms with Crippen LogP contribution in [0.3, 0.4) is 0 Å². The van der Waals surface area contributed by atoms with Crippen molar-refractivity contribution >= 4 is 0 Å². The van der Waals surface area contributed by atoms with E-state index < -0.39 is 0 Å². The molecule has 4 heteroatoms. The van der Waals surface area contributed by atoms with E-state index in [1.54, 1.807) is 0 Å². The van der Waals surface area contributed by atoms with Crippen molar-refractivity contribution in [3.05, 3.63) is 35.7 Å². The lowest BCUT2D eigenvalue weighted by Crippen LogP contribution is -2.32. The third kappa shape index (κ3) is 3.07. The number of aromatic nitrogens is 3. The van der Waals surface area contributed by atoms with E-state index in [1.165, 1.54) is 31.5 Å². The first kappa shape index (κ1) is 13.3.